The van der Waals surface area contributed by atoms with Gasteiger partial charge in [0.15, 0.2) is 0 Å². The van der Waals surface area contributed by atoms with E-state index < -0.39 is 11.4 Å². The number of methoxy groups -OCH3 is 1. The van der Waals surface area contributed by atoms with Gasteiger partial charge in [0.05, 0.1) is 19.3 Å². The number of pyridine rings is 1. The summed E-state index contributed by atoms with van der Waals surface area (Å²) < 4.78 is 29.9. The molecule has 0 radical (unpaired) electrons. The van der Waals surface area contributed by atoms with Crippen molar-refractivity contribution in [2.24, 2.45) is 0 Å². The molecule has 158 valence electrons. The van der Waals surface area contributed by atoms with Crippen LogP contribution in [0.1, 0.15) is 38.3 Å². The Morgan fingerprint density at radius 2 is 1.90 bits per heavy atom. The molecule has 30 heavy (non-hydrogen) atoms. The largest absolute Gasteiger partial charge is 0.497 e. The number of nitrogens with zero attached hydrogens (tertiary/aromatic N) is 2. The summed E-state index contributed by atoms with van der Waals surface area (Å²) in [6.45, 7) is 6.53. The van der Waals surface area contributed by atoms with Crippen molar-refractivity contribution < 1.29 is 23.4 Å². The third-order valence-electron chi connectivity index (χ3n) is 4.39. The molecular formula is C23H25FN2O4. The topological polar surface area (TPSA) is 60.9 Å². The number of likely N-dealkylation sites (tertiary alicyclic amines) is 1. The molecule has 1 aliphatic heterocycles. The molecule has 7 heteroatoms. The Labute approximate surface area is 176 Å². The van der Waals surface area contributed by atoms with Crippen LogP contribution in [0.4, 0.5) is 9.18 Å². The number of aromatic nitrogens is 1. The molecule has 1 amide bonds. The molecule has 1 aromatic carbocycles. The summed E-state index contributed by atoms with van der Waals surface area (Å²) in [7, 11) is 1.47. The van der Waals surface area contributed by atoms with E-state index in [0.717, 1.165) is 6.42 Å². The standard InChI is InChI=1S/C23H25FN2O4/c1-23(2,3)30-22(27)26-8-7-19(26)15-29-21-11-17(13-25-14-21)6-5-16-9-18(24)12-20(10-16)28-4/h9-14,19H,7-8,15H2,1-4H3. The molecule has 3 rings (SSSR count). The Hall–Kier alpha value is -3.27. The van der Waals surface area contributed by atoms with E-state index in [2.05, 4.69) is 16.8 Å². The van der Waals surface area contributed by atoms with Gasteiger partial charge in [-0.3, -0.25) is 4.98 Å². The molecule has 0 bridgehead atoms. The van der Waals surface area contributed by atoms with Crippen molar-refractivity contribution in [1.29, 1.82) is 0 Å². The summed E-state index contributed by atoms with van der Waals surface area (Å²) in [4.78, 5) is 18.0. The monoisotopic (exact) mass is 412 g/mol. The van der Waals surface area contributed by atoms with Gasteiger partial charge in [0.2, 0.25) is 0 Å². The average molecular weight is 412 g/mol. The predicted molar refractivity (Wildman–Crippen MR) is 110 cm³/mol. The zero-order chi connectivity index (χ0) is 21.7. The maximum absolute atomic E-state index is 13.6. The first-order chi connectivity index (χ1) is 14.2. The van der Waals surface area contributed by atoms with Crippen molar-refractivity contribution >= 4 is 6.09 Å². The van der Waals surface area contributed by atoms with Crippen LogP contribution < -0.4 is 9.47 Å². The summed E-state index contributed by atoms with van der Waals surface area (Å²) in [6, 6.07) is 6.01. The summed E-state index contributed by atoms with van der Waals surface area (Å²) in [6.07, 6.45) is 3.72. The molecule has 1 aliphatic rings. The molecule has 0 spiro atoms. The van der Waals surface area contributed by atoms with Crippen molar-refractivity contribution in [2.45, 2.75) is 38.8 Å². The number of carbonyl (C=O) groups excluding carboxylic acids is 1. The molecule has 2 aromatic rings. The molecule has 0 saturated carbocycles. The number of carbonyl (C=O) groups is 1. The number of amides is 1. The van der Waals surface area contributed by atoms with Crippen LogP contribution >= 0.6 is 0 Å². The zero-order valence-electron chi connectivity index (χ0n) is 17.6. The highest BCUT2D eigenvalue weighted by atomic mass is 19.1. The normalized spacial score (nSPS) is 15.5. The first kappa shape index (κ1) is 21.4. The van der Waals surface area contributed by atoms with Gasteiger partial charge in [-0.2, -0.15) is 0 Å². The maximum atomic E-state index is 13.6. The van der Waals surface area contributed by atoms with E-state index in [4.69, 9.17) is 14.2 Å². The molecule has 6 nitrogen and oxygen atoms in total. The van der Waals surface area contributed by atoms with Crippen molar-refractivity contribution in [3.63, 3.8) is 0 Å². The van der Waals surface area contributed by atoms with E-state index >= 15 is 0 Å². The minimum atomic E-state index is -0.527. The summed E-state index contributed by atoms with van der Waals surface area (Å²) >= 11 is 0. The highest BCUT2D eigenvalue weighted by molar-refractivity contribution is 5.69. The van der Waals surface area contributed by atoms with E-state index in [9.17, 15) is 9.18 Å². The van der Waals surface area contributed by atoms with Gasteiger partial charge in [-0.1, -0.05) is 11.8 Å². The number of halogens is 1. The Bertz CT molecular complexity index is 975. The van der Waals surface area contributed by atoms with Gasteiger partial charge in [0, 0.05) is 29.9 Å². The van der Waals surface area contributed by atoms with Gasteiger partial charge < -0.3 is 19.1 Å². The van der Waals surface area contributed by atoms with E-state index in [1.54, 1.807) is 29.4 Å². The fourth-order valence-corrected chi connectivity index (χ4v) is 2.83. The van der Waals surface area contributed by atoms with Crippen LogP contribution in [0, 0.1) is 17.7 Å². The smallest absolute Gasteiger partial charge is 0.410 e. The molecule has 0 N–H and O–H groups in total. The third-order valence-corrected chi connectivity index (χ3v) is 4.39. The lowest BCUT2D eigenvalue weighted by Gasteiger charge is -2.40. The van der Waals surface area contributed by atoms with Crippen LogP contribution in [0.15, 0.2) is 36.7 Å². The van der Waals surface area contributed by atoms with E-state index in [0.29, 0.717) is 35.8 Å². The van der Waals surface area contributed by atoms with Gasteiger partial charge in [0.25, 0.3) is 0 Å². The second-order valence-electron chi connectivity index (χ2n) is 7.97. The lowest BCUT2D eigenvalue weighted by atomic mass is 10.1. The molecule has 2 heterocycles. The summed E-state index contributed by atoms with van der Waals surface area (Å²) in [5.74, 6) is 6.39. The van der Waals surface area contributed by atoms with Crippen LogP contribution in [0.25, 0.3) is 0 Å². The van der Waals surface area contributed by atoms with Crippen LogP contribution in [0.2, 0.25) is 0 Å². The number of hydrogen-bond acceptors (Lipinski definition) is 5. The highest BCUT2D eigenvalue weighted by Gasteiger charge is 2.35. The number of hydrogen-bond donors (Lipinski definition) is 0. The van der Waals surface area contributed by atoms with Crippen molar-refractivity contribution in [2.75, 3.05) is 20.3 Å². The minimum absolute atomic E-state index is 0.0330. The molecule has 1 unspecified atom stereocenters. The second-order valence-corrected chi connectivity index (χ2v) is 7.97. The average Bonchev–Trinajstić information content (AvgIpc) is 2.64. The third kappa shape index (κ3) is 5.86. The highest BCUT2D eigenvalue weighted by Crippen LogP contribution is 2.22. The van der Waals surface area contributed by atoms with Crippen molar-refractivity contribution in [3.05, 3.63) is 53.6 Å². The first-order valence-corrected chi connectivity index (χ1v) is 9.67. The van der Waals surface area contributed by atoms with Crippen LogP contribution in [0.5, 0.6) is 11.5 Å². The van der Waals surface area contributed by atoms with Gasteiger partial charge in [-0.25, -0.2) is 9.18 Å². The molecule has 1 fully saturated rings. The fourth-order valence-electron chi connectivity index (χ4n) is 2.83. The summed E-state index contributed by atoms with van der Waals surface area (Å²) in [5.41, 5.74) is 0.606. The number of ether oxygens (including phenoxy) is 3. The molecule has 0 aliphatic carbocycles. The number of benzene rings is 1. The Morgan fingerprint density at radius 1 is 1.17 bits per heavy atom. The quantitative estimate of drug-likeness (QED) is 0.710. The second kappa shape index (κ2) is 9.04. The zero-order valence-corrected chi connectivity index (χ0v) is 17.6. The molecule has 1 saturated heterocycles. The van der Waals surface area contributed by atoms with Gasteiger partial charge in [0.1, 0.15) is 29.5 Å². The minimum Gasteiger partial charge on any atom is -0.497 e. The van der Waals surface area contributed by atoms with Crippen LogP contribution in [-0.2, 0) is 4.74 Å². The van der Waals surface area contributed by atoms with E-state index in [-0.39, 0.29) is 12.1 Å². The molecular weight excluding hydrogens is 387 g/mol. The predicted octanol–water partition coefficient (Wildman–Crippen LogP) is 4.02. The SMILES string of the molecule is COc1cc(F)cc(C#Cc2cncc(OCC3CCN3C(=O)OC(C)(C)C)c2)c1. The summed E-state index contributed by atoms with van der Waals surface area (Å²) in [5, 5.41) is 0. The lowest BCUT2D eigenvalue weighted by Crippen LogP contribution is -2.55. The van der Waals surface area contributed by atoms with Crippen molar-refractivity contribution in [3.8, 4) is 23.3 Å². The first-order valence-electron chi connectivity index (χ1n) is 9.67. The van der Waals surface area contributed by atoms with Gasteiger partial charge in [-0.15, -0.1) is 0 Å². The van der Waals surface area contributed by atoms with Crippen LogP contribution in [-0.4, -0.2) is 47.9 Å². The number of rotatable bonds is 4. The molecule has 1 aromatic heterocycles. The van der Waals surface area contributed by atoms with Gasteiger partial charge in [-0.05, 0) is 45.4 Å². The lowest BCUT2D eigenvalue weighted by molar-refractivity contribution is -0.0141. The fraction of sp³-hybridized carbons (Fsp3) is 0.391. The van der Waals surface area contributed by atoms with Crippen molar-refractivity contribution in [1.82, 2.24) is 9.88 Å². The van der Waals surface area contributed by atoms with Crippen LogP contribution in [0.3, 0.4) is 0 Å². The van der Waals surface area contributed by atoms with E-state index in [1.807, 2.05) is 20.8 Å². The molecule has 1 atom stereocenters. The Balaban J connectivity index is 1.60. The van der Waals surface area contributed by atoms with Gasteiger partial charge >= 0.3 is 6.09 Å². The Morgan fingerprint density at radius 3 is 2.57 bits per heavy atom. The maximum Gasteiger partial charge on any atom is 0.410 e. The van der Waals surface area contributed by atoms with E-state index in [1.165, 1.54) is 19.2 Å². The Kier molecular flexibility index (Phi) is 6.46.